The fourth-order valence-corrected chi connectivity index (χ4v) is 3.65. The number of fused-ring (bicyclic) bond motifs is 1. The maximum absolute atomic E-state index is 11.7. The third-order valence-corrected chi connectivity index (χ3v) is 4.56. The van der Waals surface area contributed by atoms with Gasteiger partial charge in [0.2, 0.25) is 0 Å². The molecule has 3 fully saturated rings. The van der Waals surface area contributed by atoms with Crippen molar-refractivity contribution in [2.45, 2.75) is 76.7 Å². The topological polar surface area (TPSA) is 72.5 Å². The number of hydrogen-bond donors (Lipinski definition) is 0. The van der Waals surface area contributed by atoms with Crippen LogP contribution in [0.4, 0.5) is 0 Å². The molecule has 0 bridgehead atoms. The van der Waals surface area contributed by atoms with Gasteiger partial charge < -0.3 is 28.4 Å². The summed E-state index contributed by atoms with van der Waals surface area (Å²) in [6.45, 7) is 8.70. The highest BCUT2D eigenvalue weighted by atomic mass is 35.5. The minimum atomic E-state index is -0.848. The van der Waals surface area contributed by atoms with Gasteiger partial charge in [-0.1, -0.05) is 23.2 Å². The summed E-state index contributed by atoms with van der Waals surface area (Å²) in [5.41, 5.74) is 0. The third kappa shape index (κ3) is 3.91. The molecule has 3 saturated heterocycles. The molecule has 9 heteroatoms. The number of hydrogen-bond acceptors (Lipinski definition) is 7. The van der Waals surface area contributed by atoms with E-state index in [2.05, 4.69) is 0 Å². The Kier molecular flexibility index (Phi) is 5.03. The van der Waals surface area contributed by atoms with Crippen LogP contribution in [0.3, 0.4) is 0 Å². The molecule has 0 spiro atoms. The van der Waals surface area contributed by atoms with Crippen molar-refractivity contribution in [3.63, 3.8) is 0 Å². The molecule has 0 radical (unpaired) electrons. The monoisotopic (exact) mass is 396 g/mol. The van der Waals surface area contributed by atoms with Gasteiger partial charge in [0.1, 0.15) is 16.7 Å². The Morgan fingerprint density at radius 3 is 2.36 bits per heavy atom. The van der Waals surface area contributed by atoms with Crippen LogP contribution in [0.2, 0.25) is 0 Å². The fourth-order valence-electron chi connectivity index (χ4n) is 3.34. The first-order chi connectivity index (χ1) is 11.5. The molecular formula is C16H22Cl2O7. The number of esters is 1. The lowest BCUT2D eigenvalue weighted by molar-refractivity contribution is -0.201. The number of carbonyl (C=O) groups is 1. The Balaban J connectivity index is 1.90. The van der Waals surface area contributed by atoms with Crippen LogP contribution in [0.1, 0.15) is 34.6 Å². The van der Waals surface area contributed by atoms with E-state index in [1.54, 1.807) is 27.7 Å². The van der Waals surface area contributed by atoms with E-state index in [1.165, 1.54) is 6.92 Å². The van der Waals surface area contributed by atoms with E-state index in [4.69, 9.17) is 51.6 Å². The van der Waals surface area contributed by atoms with Crippen LogP contribution in [0, 0.1) is 0 Å². The predicted molar refractivity (Wildman–Crippen MR) is 87.9 cm³/mol. The molecular weight excluding hydrogens is 375 g/mol. The first-order valence-electron chi connectivity index (χ1n) is 8.05. The zero-order chi connectivity index (χ0) is 18.6. The highest BCUT2D eigenvalue weighted by Crippen LogP contribution is 2.45. The zero-order valence-electron chi connectivity index (χ0n) is 14.7. The smallest absolute Gasteiger partial charge is 0.303 e. The van der Waals surface area contributed by atoms with Crippen LogP contribution in [0.15, 0.2) is 10.3 Å². The molecule has 25 heavy (non-hydrogen) atoms. The Bertz CT molecular complexity index is 585. The van der Waals surface area contributed by atoms with Crippen molar-refractivity contribution < 1.29 is 33.2 Å². The molecule has 0 aromatic carbocycles. The Morgan fingerprint density at radius 2 is 1.84 bits per heavy atom. The van der Waals surface area contributed by atoms with Crippen molar-refractivity contribution in [2.24, 2.45) is 0 Å². The summed E-state index contributed by atoms with van der Waals surface area (Å²) in [6.07, 6.45) is -3.12. The Morgan fingerprint density at radius 1 is 1.16 bits per heavy atom. The molecule has 142 valence electrons. The average molecular weight is 397 g/mol. The molecule has 0 unspecified atom stereocenters. The minimum absolute atomic E-state index is 0.0516. The van der Waals surface area contributed by atoms with Crippen molar-refractivity contribution >= 4 is 29.2 Å². The van der Waals surface area contributed by atoms with Crippen LogP contribution in [0.25, 0.3) is 0 Å². The second kappa shape index (κ2) is 6.55. The molecule has 5 atom stereocenters. The molecule has 0 saturated carbocycles. The van der Waals surface area contributed by atoms with Crippen LogP contribution >= 0.6 is 23.2 Å². The van der Waals surface area contributed by atoms with Crippen molar-refractivity contribution in [3.05, 3.63) is 10.3 Å². The fraction of sp³-hybridized carbons (Fsp3) is 0.812. The lowest BCUT2D eigenvalue weighted by Gasteiger charge is -2.31. The van der Waals surface area contributed by atoms with Gasteiger partial charge in [0, 0.05) is 6.92 Å². The summed E-state index contributed by atoms with van der Waals surface area (Å²) in [6, 6.07) is 0. The lowest BCUT2D eigenvalue weighted by atomic mass is 10.0. The molecule has 3 heterocycles. The molecule has 0 N–H and O–H groups in total. The van der Waals surface area contributed by atoms with Gasteiger partial charge in [0.15, 0.2) is 35.6 Å². The zero-order valence-corrected chi connectivity index (χ0v) is 16.2. The van der Waals surface area contributed by atoms with E-state index in [9.17, 15) is 4.79 Å². The van der Waals surface area contributed by atoms with Gasteiger partial charge in [-0.2, -0.15) is 0 Å². The maximum Gasteiger partial charge on any atom is 0.303 e. The van der Waals surface area contributed by atoms with Gasteiger partial charge in [0.05, 0.1) is 6.61 Å². The van der Waals surface area contributed by atoms with E-state index in [0.29, 0.717) is 0 Å². The van der Waals surface area contributed by atoms with Crippen molar-refractivity contribution in [1.82, 2.24) is 0 Å². The van der Waals surface area contributed by atoms with Crippen LogP contribution < -0.4 is 0 Å². The third-order valence-electron chi connectivity index (χ3n) is 4.18. The summed E-state index contributed by atoms with van der Waals surface area (Å²) < 4.78 is 34.6. The van der Waals surface area contributed by atoms with E-state index >= 15 is 0 Å². The number of carbonyl (C=O) groups excluding carboxylic acids is 1. The number of halogens is 2. The number of ether oxygens (including phenoxy) is 6. The largest absolute Gasteiger partial charge is 0.483 e. The van der Waals surface area contributed by atoms with Crippen molar-refractivity contribution in [2.75, 3.05) is 6.61 Å². The van der Waals surface area contributed by atoms with Crippen molar-refractivity contribution in [1.29, 1.82) is 0 Å². The number of rotatable bonds is 3. The summed E-state index contributed by atoms with van der Waals surface area (Å²) in [7, 11) is 0. The predicted octanol–water partition coefficient (Wildman–Crippen LogP) is 2.64. The van der Waals surface area contributed by atoms with E-state index in [1.807, 2.05) is 0 Å². The molecule has 0 aromatic rings. The van der Waals surface area contributed by atoms with E-state index < -0.39 is 48.1 Å². The van der Waals surface area contributed by atoms with E-state index in [0.717, 1.165) is 0 Å². The highest BCUT2D eigenvalue weighted by Gasteiger charge is 2.59. The summed E-state index contributed by atoms with van der Waals surface area (Å²) >= 11 is 11.9. The lowest BCUT2D eigenvalue weighted by Crippen LogP contribution is -2.48. The Hall–Kier alpha value is -0.570. The normalized spacial score (nSPS) is 36.7. The highest BCUT2D eigenvalue weighted by molar-refractivity contribution is 6.56. The van der Waals surface area contributed by atoms with Gasteiger partial charge in [-0.05, 0) is 27.7 Å². The van der Waals surface area contributed by atoms with Crippen LogP contribution in [-0.2, 0) is 33.2 Å². The summed E-state index contributed by atoms with van der Waals surface area (Å²) in [5.74, 6) is -1.83. The molecule has 0 aromatic heterocycles. The molecule has 3 aliphatic heterocycles. The van der Waals surface area contributed by atoms with Gasteiger partial charge in [-0.15, -0.1) is 0 Å². The Labute approximate surface area is 156 Å². The van der Waals surface area contributed by atoms with Gasteiger partial charge >= 0.3 is 5.97 Å². The van der Waals surface area contributed by atoms with Crippen LogP contribution in [0.5, 0.6) is 0 Å². The van der Waals surface area contributed by atoms with Gasteiger partial charge in [-0.3, -0.25) is 4.79 Å². The first-order valence-corrected chi connectivity index (χ1v) is 8.81. The second-order valence-corrected chi connectivity index (χ2v) is 8.12. The quantitative estimate of drug-likeness (QED) is 0.678. The molecule has 3 aliphatic rings. The average Bonchev–Trinajstić information content (AvgIpc) is 3.06. The summed E-state index contributed by atoms with van der Waals surface area (Å²) in [4.78, 5) is 11.7. The molecule has 0 aliphatic carbocycles. The molecule has 3 rings (SSSR count). The molecule has 7 nitrogen and oxygen atoms in total. The summed E-state index contributed by atoms with van der Waals surface area (Å²) in [5, 5.41) is 0. The standard InChI is InChI=1S/C16H22Cl2O7/c1-7(19)21-9(8-6-20-15(2,3)23-8)10-11-12(13(22-10)14(17)18)25-16(4,5)24-11/h8-12H,6H2,1-5H3/t8-,9-,10+,11-,12-/m1/s1. The second-order valence-electron chi connectivity index (χ2n) is 7.17. The first kappa shape index (κ1) is 19.2. The maximum atomic E-state index is 11.7. The SMILES string of the molecule is CC(=O)O[C@@H]([C@@H]1OC(=C(Cl)Cl)[C@@H]2OC(C)(C)O[C@H]12)[C@H]1COC(C)(C)O1. The van der Waals surface area contributed by atoms with Gasteiger partial charge in [0.25, 0.3) is 0 Å². The van der Waals surface area contributed by atoms with Crippen LogP contribution in [-0.4, -0.2) is 54.7 Å². The van der Waals surface area contributed by atoms with Crippen molar-refractivity contribution in [3.8, 4) is 0 Å². The van der Waals surface area contributed by atoms with E-state index in [-0.39, 0.29) is 16.9 Å². The van der Waals surface area contributed by atoms with Gasteiger partial charge in [-0.25, -0.2) is 0 Å². The molecule has 0 amide bonds. The minimum Gasteiger partial charge on any atom is -0.483 e.